The van der Waals surface area contributed by atoms with Gasteiger partial charge < -0.3 is 35.4 Å². The smallest absolute Gasteiger partial charge is 0.359 e. The number of rotatable bonds is 9. The highest BCUT2D eigenvalue weighted by Crippen LogP contribution is 2.41. The third kappa shape index (κ3) is 4.83. The Bertz CT molecular complexity index is 1130. The van der Waals surface area contributed by atoms with Crippen LogP contribution in [0.5, 0.6) is 0 Å². The first-order chi connectivity index (χ1) is 16.7. The zero-order valence-corrected chi connectivity index (χ0v) is 20.4. The maximum atomic E-state index is 13.0. The Morgan fingerprint density at radius 1 is 1.40 bits per heavy atom. The second-order valence-electron chi connectivity index (χ2n) is 8.50. The van der Waals surface area contributed by atoms with Crippen LogP contribution in [0.4, 0.5) is 5.13 Å². The minimum atomic E-state index is -1.50. The molecule has 0 radical (unpaired) electrons. The number of amides is 2. The third-order valence-corrected chi connectivity index (χ3v) is 8.21. The van der Waals surface area contributed by atoms with Gasteiger partial charge in [0.05, 0.1) is 24.8 Å². The monoisotopic (exact) mass is 524 g/mol. The Morgan fingerprint density at radius 3 is 2.69 bits per heavy atom. The molecule has 0 aromatic carbocycles. The first kappa shape index (κ1) is 24.9. The lowest BCUT2D eigenvalue weighted by atomic mass is 10.0. The van der Waals surface area contributed by atoms with Crippen molar-refractivity contribution in [2.45, 2.75) is 24.3 Å². The molecular formula is C20H24N6O7S2. The molecule has 1 aromatic rings. The molecule has 4 N–H and O–H groups in total. The number of nitrogens with two attached hydrogens (primary N) is 1. The summed E-state index contributed by atoms with van der Waals surface area (Å²) >= 11 is 2.41. The highest BCUT2D eigenvalue weighted by Gasteiger charge is 2.54. The number of quaternary nitrogens is 1. The normalized spacial score (nSPS) is 23.5. The van der Waals surface area contributed by atoms with Gasteiger partial charge in [0.25, 0.3) is 11.8 Å². The van der Waals surface area contributed by atoms with Gasteiger partial charge in [0.1, 0.15) is 30.8 Å². The van der Waals surface area contributed by atoms with Crippen molar-refractivity contribution in [1.82, 2.24) is 15.2 Å². The van der Waals surface area contributed by atoms with Crippen LogP contribution < -0.4 is 16.2 Å². The van der Waals surface area contributed by atoms with Crippen molar-refractivity contribution >= 4 is 57.7 Å². The number of hydrogen-bond acceptors (Lipinski definition) is 11. The summed E-state index contributed by atoms with van der Waals surface area (Å²) in [6.45, 7) is 1.35. The molecule has 2 atom stereocenters. The maximum absolute atomic E-state index is 13.0. The number of oxime groups is 1. The van der Waals surface area contributed by atoms with Crippen LogP contribution in [0.2, 0.25) is 0 Å². The van der Waals surface area contributed by atoms with Crippen molar-refractivity contribution < 1.29 is 38.7 Å². The van der Waals surface area contributed by atoms with E-state index in [2.05, 4.69) is 15.5 Å². The zero-order chi connectivity index (χ0) is 25.3. The number of aromatic nitrogens is 1. The molecule has 35 heavy (non-hydrogen) atoms. The molecule has 1 aromatic heterocycles. The van der Waals surface area contributed by atoms with Crippen molar-refractivity contribution in [2.75, 3.05) is 44.8 Å². The van der Waals surface area contributed by atoms with Gasteiger partial charge in [0.15, 0.2) is 17.4 Å². The highest BCUT2D eigenvalue weighted by molar-refractivity contribution is 8.00. The Morgan fingerprint density at radius 2 is 2.11 bits per heavy atom. The van der Waals surface area contributed by atoms with E-state index < -0.39 is 35.2 Å². The summed E-state index contributed by atoms with van der Waals surface area (Å²) < 4.78 is 0.239. The molecule has 0 spiro atoms. The fourth-order valence-corrected chi connectivity index (χ4v) is 6.65. The molecule has 4 rings (SSSR count). The molecule has 2 saturated heterocycles. The van der Waals surface area contributed by atoms with Crippen molar-refractivity contribution in [1.29, 1.82) is 0 Å². The molecule has 3 aliphatic rings. The number of anilines is 1. The SMILES string of the molecule is CO/N=C(\C(=O)NC1C(=O)N2C(C(=O)[O-])=C(C[N+]3(CC(=O)O)CCCC3)CS[C@@H]12)c1csc(N)n1. The van der Waals surface area contributed by atoms with E-state index in [1.54, 1.807) is 0 Å². The zero-order valence-electron chi connectivity index (χ0n) is 18.8. The van der Waals surface area contributed by atoms with Gasteiger partial charge in [-0.05, 0) is 0 Å². The Labute approximate surface area is 208 Å². The molecule has 0 aliphatic carbocycles. The van der Waals surface area contributed by atoms with Gasteiger partial charge in [-0.15, -0.1) is 23.1 Å². The first-order valence-corrected chi connectivity index (χ1v) is 12.7. The van der Waals surface area contributed by atoms with E-state index in [0.29, 0.717) is 18.7 Å². The van der Waals surface area contributed by atoms with Crippen molar-refractivity contribution in [2.24, 2.45) is 5.16 Å². The Hall–Kier alpha value is -3.17. The van der Waals surface area contributed by atoms with Gasteiger partial charge in [-0.25, -0.2) is 9.78 Å². The van der Waals surface area contributed by atoms with Crippen LogP contribution in [-0.4, -0.2) is 99.4 Å². The number of thiazole rings is 1. The van der Waals surface area contributed by atoms with Gasteiger partial charge in [-0.2, -0.15) is 0 Å². The fraction of sp³-hybridized carbons (Fsp3) is 0.500. The summed E-state index contributed by atoms with van der Waals surface area (Å²) in [5, 5.41) is 28.8. The number of carbonyl (C=O) groups is 4. The minimum absolute atomic E-state index is 0.118. The molecule has 0 saturated carbocycles. The van der Waals surface area contributed by atoms with Crippen LogP contribution in [0.3, 0.4) is 0 Å². The lowest BCUT2D eigenvalue weighted by molar-refractivity contribution is -0.905. The molecule has 15 heteroatoms. The average molecular weight is 525 g/mol. The number of likely N-dealkylation sites (tertiary alicyclic amines) is 1. The van der Waals surface area contributed by atoms with E-state index >= 15 is 0 Å². The first-order valence-electron chi connectivity index (χ1n) is 10.7. The van der Waals surface area contributed by atoms with Gasteiger partial charge in [0, 0.05) is 29.5 Å². The highest BCUT2D eigenvalue weighted by atomic mass is 32.2. The van der Waals surface area contributed by atoms with Crippen LogP contribution in [0.25, 0.3) is 0 Å². The van der Waals surface area contributed by atoms with E-state index in [1.165, 1.54) is 24.3 Å². The van der Waals surface area contributed by atoms with E-state index in [0.717, 1.165) is 29.1 Å². The van der Waals surface area contributed by atoms with E-state index in [4.69, 9.17) is 10.6 Å². The lowest BCUT2D eigenvalue weighted by Crippen LogP contribution is -2.72. The topological polar surface area (TPSA) is 187 Å². The second kappa shape index (κ2) is 9.83. The summed E-state index contributed by atoms with van der Waals surface area (Å²) in [7, 11) is 1.26. The number of carboxylic acids is 2. The summed E-state index contributed by atoms with van der Waals surface area (Å²) in [5.41, 5.74) is 5.87. The standard InChI is InChI=1S/C20H24N6O7S2/c1-33-24-13(11-9-35-20(21)22-11)16(29)23-14-17(30)25-15(19(31)32)10(8-34-18(14)25)6-26(7-12(27)28)4-2-3-5-26/h9,14,18H,2-8H2,1H3,(H4-,21,22,23,27,28,29,31,32)/b24-13-/t14?,18-/m0/s1. The van der Waals surface area contributed by atoms with Gasteiger partial charge in [0.2, 0.25) is 0 Å². The van der Waals surface area contributed by atoms with Crippen LogP contribution >= 0.6 is 23.1 Å². The number of hydrogen-bond donors (Lipinski definition) is 3. The van der Waals surface area contributed by atoms with Crippen LogP contribution in [0.1, 0.15) is 18.5 Å². The largest absolute Gasteiger partial charge is 0.543 e. The Kier molecular flexibility index (Phi) is 7.00. The predicted octanol–water partition coefficient (Wildman–Crippen LogP) is -1.83. The number of β-lactam (4-membered cyclic amide) rings is 1. The summed E-state index contributed by atoms with van der Waals surface area (Å²) in [6, 6.07) is -0.990. The van der Waals surface area contributed by atoms with Crippen molar-refractivity contribution in [3.05, 3.63) is 22.3 Å². The number of thioether (sulfide) groups is 1. The van der Waals surface area contributed by atoms with E-state index in [1.807, 2.05) is 0 Å². The number of nitrogens with one attached hydrogen (secondary N) is 1. The molecule has 2 amide bonds. The Balaban J connectivity index is 1.54. The predicted molar refractivity (Wildman–Crippen MR) is 124 cm³/mol. The molecule has 1 unspecified atom stereocenters. The van der Waals surface area contributed by atoms with Crippen LogP contribution in [0, 0.1) is 0 Å². The number of nitrogen functional groups attached to an aromatic ring is 1. The third-order valence-electron chi connectivity index (χ3n) is 6.20. The molecule has 2 fully saturated rings. The average Bonchev–Trinajstić information content (AvgIpc) is 3.43. The summed E-state index contributed by atoms with van der Waals surface area (Å²) in [6.07, 6.45) is 1.70. The molecule has 4 heterocycles. The molecule has 188 valence electrons. The van der Waals surface area contributed by atoms with Crippen LogP contribution in [-0.2, 0) is 24.0 Å². The number of carbonyl (C=O) groups excluding carboxylic acids is 3. The van der Waals surface area contributed by atoms with Gasteiger partial charge in [-0.1, -0.05) is 5.16 Å². The van der Waals surface area contributed by atoms with Gasteiger partial charge in [-0.3, -0.25) is 14.5 Å². The number of aliphatic carboxylic acids is 2. The number of fused-ring (bicyclic) bond motifs is 1. The van der Waals surface area contributed by atoms with Crippen molar-refractivity contribution in [3.8, 4) is 0 Å². The fourth-order valence-electron chi connectivity index (χ4n) is 4.77. The molecule has 3 aliphatic heterocycles. The van der Waals surface area contributed by atoms with Gasteiger partial charge >= 0.3 is 5.97 Å². The summed E-state index contributed by atoms with van der Waals surface area (Å²) in [4.78, 5) is 59.2. The van der Waals surface area contributed by atoms with E-state index in [9.17, 15) is 29.4 Å². The molecule has 0 bridgehead atoms. The number of carboxylic acid groups (broad SMARTS) is 2. The maximum Gasteiger partial charge on any atom is 0.359 e. The summed E-state index contributed by atoms with van der Waals surface area (Å²) in [5.74, 6) is -3.51. The van der Waals surface area contributed by atoms with Crippen LogP contribution in [0.15, 0.2) is 21.8 Å². The molecule has 13 nitrogen and oxygen atoms in total. The molecular weight excluding hydrogens is 500 g/mol. The lowest BCUT2D eigenvalue weighted by Gasteiger charge is -2.51. The number of nitrogens with zero attached hydrogens (tertiary/aromatic N) is 4. The minimum Gasteiger partial charge on any atom is -0.543 e. The second-order valence-corrected chi connectivity index (χ2v) is 10.5. The van der Waals surface area contributed by atoms with Crippen molar-refractivity contribution in [3.63, 3.8) is 0 Å². The quantitative estimate of drug-likeness (QED) is 0.144. The van der Waals surface area contributed by atoms with E-state index in [-0.39, 0.29) is 45.6 Å².